The molecule has 0 radical (unpaired) electrons. The third-order valence-electron chi connectivity index (χ3n) is 2.50. The average Bonchev–Trinajstić information content (AvgIpc) is 2.16. The van der Waals surface area contributed by atoms with Crippen molar-refractivity contribution in [2.24, 2.45) is 0 Å². The fourth-order valence-electron chi connectivity index (χ4n) is 1.85. The van der Waals surface area contributed by atoms with E-state index >= 15 is 0 Å². The molecular weight excluding hydrogens is 182 g/mol. The molecule has 1 saturated heterocycles. The van der Waals surface area contributed by atoms with Crippen molar-refractivity contribution in [2.45, 2.75) is 32.0 Å². The minimum absolute atomic E-state index is 0.105. The Balaban J connectivity index is 2.11. The summed E-state index contributed by atoms with van der Waals surface area (Å²) in [7, 11) is 0. The topological polar surface area (TPSA) is 52.9 Å². The molecule has 1 aliphatic rings. The first-order chi connectivity index (χ1) is 6.72. The maximum atomic E-state index is 9.21. The van der Waals surface area contributed by atoms with Gasteiger partial charge >= 0.3 is 0 Å². The molecule has 0 amide bonds. The van der Waals surface area contributed by atoms with Gasteiger partial charge in [-0.3, -0.25) is 0 Å². The summed E-state index contributed by atoms with van der Waals surface area (Å²) in [5, 5.41) is 17.8. The van der Waals surface area contributed by atoms with Crippen molar-refractivity contribution in [3.63, 3.8) is 0 Å². The van der Waals surface area contributed by atoms with Gasteiger partial charge in [0.25, 0.3) is 0 Å². The molecule has 1 aliphatic heterocycles. The molecule has 0 bridgehead atoms. The van der Waals surface area contributed by atoms with Gasteiger partial charge < -0.3 is 19.8 Å². The highest BCUT2D eigenvalue weighted by atomic mass is 16.5. The fraction of sp³-hybridized carbons (Fsp3) is 1.00. The Morgan fingerprint density at radius 1 is 1.43 bits per heavy atom. The number of β-amino-alcohol motifs (C(OH)–C–C–N with tert-alkyl or cyclic N) is 1. The third kappa shape index (κ3) is 4.37. The second kappa shape index (κ2) is 6.35. The molecule has 1 fully saturated rings. The van der Waals surface area contributed by atoms with Gasteiger partial charge in [-0.25, -0.2) is 0 Å². The minimum Gasteiger partial charge on any atom is -0.394 e. The number of piperidine rings is 1. The van der Waals surface area contributed by atoms with Crippen LogP contribution in [0.3, 0.4) is 0 Å². The quantitative estimate of drug-likeness (QED) is 0.652. The van der Waals surface area contributed by atoms with E-state index < -0.39 is 0 Å². The monoisotopic (exact) mass is 203 g/mol. The lowest BCUT2D eigenvalue weighted by Gasteiger charge is -2.32. The molecule has 0 aromatic carbocycles. The zero-order valence-electron chi connectivity index (χ0n) is 8.85. The van der Waals surface area contributed by atoms with Crippen molar-refractivity contribution in [3.05, 3.63) is 0 Å². The van der Waals surface area contributed by atoms with Crippen molar-refractivity contribution in [3.8, 4) is 0 Å². The predicted molar refractivity (Wildman–Crippen MR) is 54.2 cm³/mol. The highest BCUT2D eigenvalue weighted by molar-refractivity contribution is 4.73. The van der Waals surface area contributed by atoms with Gasteiger partial charge in [-0.1, -0.05) is 0 Å². The summed E-state index contributed by atoms with van der Waals surface area (Å²) in [6, 6.07) is 0. The minimum atomic E-state index is -0.245. The average molecular weight is 203 g/mol. The van der Waals surface area contributed by atoms with Gasteiger partial charge in [0.2, 0.25) is 0 Å². The summed E-state index contributed by atoms with van der Waals surface area (Å²) in [5.41, 5.74) is 0. The first-order valence-electron chi connectivity index (χ1n) is 5.35. The largest absolute Gasteiger partial charge is 0.394 e. The van der Waals surface area contributed by atoms with Crippen LogP contribution in [0.1, 0.15) is 19.8 Å². The fourth-order valence-corrected chi connectivity index (χ4v) is 1.85. The van der Waals surface area contributed by atoms with Crippen LogP contribution in [0.5, 0.6) is 0 Å². The Morgan fingerprint density at radius 3 is 2.57 bits per heavy atom. The molecule has 0 spiro atoms. The van der Waals surface area contributed by atoms with Crippen LogP contribution in [0.25, 0.3) is 0 Å². The zero-order valence-corrected chi connectivity index (χ0v) is 8.85. The highest BCUT2D eigenvalue weighted by Crippen LogP contribution is 2.13. The van der Waals surface area contributed by atoms with E-state index in [9.17, 15) is 5.11 Å². The molecule has 2 N–H and O–H groups in total. The van der Waals surface area contributed by atoms with Gasteiger partial charge in [-0.2, -0.15) is 0 Å². The molecule has 84 valence electrons. The number of aliphatic hydroxyl groups excluding tert-OH is 2. The number of hydrogen-bond donors (Lipinski definition) is 2. The van der Waals surface area contributed by atoms with Crippen LogP contribution in [0.4, 0.5) is 0 Å². The first kappa shape index (κ1) is 11.9. The number of nitrogens with zero attached hydrogens (tertiary/aromatic N) is 1. The van der Waals surface area contributed by atoms with Crippen LogP contribution >= 0.6 is 0 Å². The second-order valence-corrected chi connectivity index (χ2v) is 3.94. The Hall–Kier alpha value is -0.160. The molecule has 4 heteroatoms. The number of aliphatic hydroxyl groups is 2. The number of hydrogen-bond acceptors (Lipinski definition) is 4. The van der Waals surface area contributed by atoms with Crippen LogP contribution in [-0.2, 0) is 4.74 Å². The molecule has 0 unspecified atom stereocenters. The Bertz CT molecular complexity index is 144. The van der Waals surface area contributed by atoms with Crippen molar-refractivity contribution >= 4 is 0 Å². The number of rotatable bonds is 5. The van der Waals surface area contributed by atoms with E-state index in [4.69, 9.17) is 9.84 Å². The smallest absolute Gasteiger partial charge is 0.0701 e. The van der Waals surface area contributed by atoms with Crippen LogP contribution in [0.15, 0.2) is 0 Å². The molecule has 14 heavy (non-hydrogen) atoms. The van der Waals surface area contributed by atoms with Gasteiger partial charge in [-0.15, -0.1) is 0 Å². The van der Waals surface area contributed by atoms with Crippen molar-refractivity contribution in [1.29, 1.82) is 0 Å². The van der Waals surface area contributed by atoms with Gasteiger partial charge in [0.15, 0.2) is 0 Å². The molecular formula is C10H21NO3. The lowest BCUT2D eigenvalue weighted by atomic mass is 10.1. The van der Waals surface area contributed by atoms with Crippen LogP contribution < -0.4 is 0 Å². The van der Waals surface area contributed by atoms with Gasteiger partial charge in [0.1, 0.15) is 0 Å². The molecule has 1 rings (SSSR count). The molecule has 0 aromatic heterocycles. The molecule has 1 atom stereocenters. The van der Waals surface area contributed by atoms with Gasteiger partial charge in [-0.05, 0) is 19.8 Å². The third-order valence-corrected chi connectivity index (χ3v) is 2.50. The van der Waals surface area contributed by atoms with Crippen LogP contribution in [0, 0.1) is 0 Å². The number of ether oxygens (including phenoxy) is 1. The second-order valence-electron chi connectivity index (χ2n) is 3.94. The predicted octanol–water partition coefficient (Wildman–Crippen LogP) is -0.160. The van der Waals surface area contributed by atoms with E-state index in [2.05, 4.69) is 4.90 Å². The van der Waals surface area contributed by atoms with Crippen molar-refractivity contribution in [1.82, 2.24) is 4.90 Å². The molecule has 0 saturated carbocycles. The summed E-state index contributed by atoms with van der Waals surface area (Å²) in [6.07, 6.45) is 2.07. The number of likely N-dealkylation sites (tertiary alicyclic amines) is 1. The van der Waals surface area contributed by atoms with Crippen LogP contribution in [0.2, 0.25) is 0 Å². The van der Waals surface area contributed by atoms with Crippen molar-refractivity contribution in [2.75, 3.05) is 32.8 Å². The van der Waals surface area contributed by atoms with E-state index in [1.54, 1.807) is 0 Å². The van der Waals surface area contributed by atoms with E-state index in [-0.39, 0.29) is 12.7 Å². The molecule has 0 aromatic rings. The summed E-state index contributed by atoms with van der Waals surface area (Å²) in [5.74, 6) is 0. The Kier molecular flexibility index (Phi) is 5.40. The molecule has 4 nitrogen and oxygen atoms in total. The summed E-state index contributed by atoms with van der Waals surface area (Å²) in [6.45, 7) is 5.10. The van der Waals surface area contributed by atoms with Gasteiger partial charge in [0, 0.05) is 19.6 Å². The maximum Gasteiger partial charge on any atom is 0.0701 e. The summed E-state index contributed by atoms with van der Waals surface area (Å²) >= 11 is 0. The summed E-state index contributed by atoms with van der Waals surface area (Å²) < 4.78 is 5.45. The lowest BCUT2D eigenvalue weighted by molar-refractivity contribution is -0.0136. The normalized spacial score (nSPS) is 22.5. The standard InChI is InChI=1S/C10H21NO3/c1-9(13)8-11-4-2-10(3-5-11)14-7-6-12/h9-10,12-13H,2-8H2,1H3/t9-/m1/s1. The van der Waals surface area contributed by atoms with Gasteiger partial charge in [0.05, 0.1) is 25.4 Å². The van der Waals surface area contributed by atoms with E-state index in [0.717, 1.165) is 32.5 Å². The zero-order chi connectivity index (χ0) is 10.4. The van der Waals surface area contributed by atoms with Crippen molar-refractivity contribution < 1.29 is 14.9 Å². The Labute approximate surface area is 85.5 Å². The van der Waals surface area contributed by atoms with E-state index in [1.165, 1.54) is 0 Å². The van der Waals surface area contributed by atoms with Crippen LogP contribution in [-0.4, -0.2) is 60.2 Å². The van der Waals surface area contributed by atoms with E-state index in [0.29, 0.717) is 12.7 Å². The molecule has 1 heterocycles. The highest BCUT2D eigenvalue weighted by Gasteiger charge is 2.19. The molecule has 0 aliphatic carbocycles. The van der Waals surface area contributed by atoms with E-state index in [1.807, 2.05) is 6.92 Å². The SMILES string of the molecule is C[C@@H](O)CN1CCC(OCCO)CC1. The maximum absolute atomic E-state index is 9.21. The first-order valence-corrected chi connectivity index (χ1v) is 5.35. The summed E-state index contributed by atoms with van der Waals surface area (Å²) in [4.78, 5) is 2.25. The Morgan fingerprint density at radius 2 is 2.07 bits per heavy atom. The lowest BCUT2D eigenvalue weighted by Crippen LogP contribution is -2.40.